The minimum Gasteiger partial charge on any atom is -0.507 e. The lowest BCUT2D eigenvalue weighted by Crippen LogP contribution is -2.53. The average Bonchev–Trinajstić information content (AvgIpc) is 3.64. The largest absolute Gasteiger partial charge is 0.507 e. The molecule has 4 amide bonds. The van der Waals surface area contributed by atoms with Crippen molar-refractivity contribution >= 4 is 86.2 Å². The standard InChI is InChI=1S/C44H32Cl2F3N7O9/c1-52(2)37-32(55(62)63)16-23(17-33(37)56(64)65)53-39(58)28-12-11-27-29(35(28)41(53)60)18-30-40(59)54(51-38-31(46)15-21(19-50-38)44(47,48)49)42(61)43(30,20-7-9-22(45)10-8-20)36(27)26-13-14-34(57)25-6-4-3-5-24(25)26/h3-11,13-17,19,28-30,35-36,57H,12,18H2,1-2H3,(H,50,51)/t28-,29+,30-,35-,36-,43+/m0/s1. The van der Waals surface area contributed by atoms with Gasteiger partial charge in [0.25, 0.3) is 11.8 Å². The summed E-state index contributed by atoms with van der Waals surface area (Å²) in [6, 6.07) is 18.4. The minimum atomic E-state index is -4.82. The monoisotopic (exact) mass is 929 g/mol. The molecule has 16 nitrogen and oxygen atoms in total. The molecule has 3 fully saturated rings. The molecule has 0 spiro atoms. The van der Waals surface area contributed by atoms with Crippen LogP contribution in [0.5, 0.6) is 5.75 Å². The van der Waals surface area contributed by atoms with E-state index in [1.165, 1.54) is 37.2 Å². The number of nitro benzene ring substituents is 2. The number of nitrogens with zero attached hydrogens (tertiary/aromatic N) is 6. The first kappa shape index (κ1) is 43.1. The lowest BCUT2D eigenvalue weighted by atomic mass is 9.49. The van der Waals surface area contributed by atoms with Crippen LogP contribution in [0.3, 0.4) is 0 Å². The fraction of sp³-hybridized carbons (Fsp3) is 0.250. The van der Waals surface area contributed by atoms with E-state index in [9.17, 15) is 48.1 Å². The quantitative estimate of drug-likeness (QED) is 0.0651. The number of hydrogen-bond acceptors (Lipinski definition) is 12. The number of nitro groups is 2. The molecule has 0 unspecified atom stereocenters. The first-order valence-corrected chi connectivity index (χ1v) is 20.6. The molecular formula is C44H32Cl2F3N7O9. The summed E-state index contributed by atoms with van der Waals surface area (Å²) < 4.78 is 40.9. The Kier molecular flexibility index (Phi) is 10.1. The molecule has 2 aliphatic carbocycles. The smallest absolute Gasteiger partial charge is 0.417 e. The van der Waals surface area contributed by atoms with Crippen molar-refractivity contribution in [2.75, 3.05) is 29.3 Å². The molecule has 5 aromatic rings. The molecule has 9 rings (SSSR count). The first-order chi connectivity index (χ1) is 30.8. The second-order valence-corrected chi connectivity index (χ2v) is 17.2. The van der Waals surface area contributed by atoms with Crippen LogP contribution in [0, 0.1) is 43.9 Å². The summed E-state index contributed by atoms with van der Waals surface area (Å²) in [7, 11) is 2.73. The Morgan fingerprint density at radius 3 is 2.12 bits per heavy atom. The highest BCUT2D eigenvalue weighted by molar-refractivity contribution is 6.33. The van der Waals surface area contributed by atoms with Gasteiger partial charge in [0.15, 0.2) is 11.5 Å². The number of hydrazine groups is 1. The normalized spacial score (nSPS) is 23.9. The van der Waals surface area contributed by atoms with Crippen LogP contribution < -0.4 is 15.2 Å². The van der Waals surface area contributed by atoms with E-state index in [2.05, 4.69) is 10.4 Å². The van der Waals surface area contributed by atoms with E-state index < -0.39 is 108 Å². The second-order valence-electron chi connectivity index (χ2n) is 16.4. The highest BCUT2D eigenvalue weighted by Gasteiger charge is 2.70. The van der Waals surface area contributed by atoms with Gasteiger partial charge in [-0.25, -0.2) is 9.88 Å². The maximum absolute atomic E-state index is 15.6. The van der Waals surface area contributed by atoms with Crippen molar-refractivity contribution in [2.24, 2.45) is 23.7 Å². The number of nitrogens with one attached hydrogen (secondary N) is 1. The summed E-state index contributed by atoms with van der Waals surface area (Å²) in [4.78, 5) is 88.8. The van der Waals surface area contributed by atoms with Crippen molar-refractivity contribution in [3.63, 3.8) is 0 Å². The summed E-state index contributed by atoms with van der Waals surface area (Å²) in [6.07, 6.45) is -2.97. The predicted octanol–water partition coefficient (Wildman–Crippen LogP) is 8.34. The number of aromatic nitrogens is 1. The van der Waals surface area contributed by atoms with Crippen LogP contribution in [0.25, 0.3) is 10.8 Å². The Labute approximate surface area is 375 Å². The zero-order valence-corrected chi connectivity index (χ0v) is 35.3. The highest BCUT2D eigenvalue weighted by Crippen LogP contribution is 2.65. The Hall–Kier alpha value is -7.12. The molecular weight excluding hydrogens is 898 g/mol. The van der Waals surface area contributed by atoms with Gasteiger partial charge in [0.1, 0.15) is 5.75 Å². The number of hydrogen-bond donors (Lipinski definition) is 2. The van der Waals surface area contributed by atoms with E-state index in [1.807, 2.05) is 0 Å². The van der Waals surface area contributed by atoms with Gasteiger partial charge in [-0.1, -0.05) is 77.3 Å². The van der Waals surface area contributed by atoms with Gasteiger partial charge in [-0.3, -0.25) is 44.8 Å². The van der Waals surface area contributed by atoms with Crippen molar-refractivity contribution in [3.8, 4) is 5.75 Å². The number of amides is 4. The van der Waals surface area contributed by atoms with Gasteiger partial charge < -0.3 is 10.0 Å². The van der Waals surface area contributed by atoms with Gasteiger partial charge in [0.05, 0.1) is 49.3 Å². The molecule has 0 radical (unpaired) electrons. The van der Waals surface area contributed by atoms with Crippen LogP contribution in [0.15, 0.2) is 96.7 Å². The maximum Gasteiger partial charge on any atom is 0.417 e. The van der Waals surface area contributed by atoms with E-state index in [-0.39, 0.29) is 29.3 Å². The third-order valence-corrected chi connectivity index (χ3v) is 13.5. The molecule has 2 saturated heterocycles. The molecule has 2 aliphatic heterocycles. The molecule has 65 heavy (non-hydrogen) atoms. The number of allylic oxidation sites excluding steroid dienone is 2. The molecule has 2 N–H and O–H groups in total. The lowest BCUT2D eigenvalue weighted by molar-refractivity contribution is -0.392. The highest BCUT2D eigenvalue weighted by atomic mass is 35.5. The van der Waals surface area contributed by atoms with Gasteiger partial charge in [-0.05, 0) is 59.5 Å². The van der Waals surface area contributed by atoms with Crippen LogP contribution in [0.2, 0.25) is 10.0 Å². The average molecular weight is 931 g/mol. The van der Waals surface area contributed by atoms with Gasteiger partial charge in [-0.2, -0.15) is 18.2 Å². The number of phenolic OH excluding ortho intramolecular Hbond substituents is 1. The number of carbonyl (C=O) groups excluding carboxylic acids is 4. The summed E-state index contributed by atoms with van der Waals surface area (Å²) in [5.74, 6) is -9.84. The van der Waals surface area contributed by atoms with Crippen LogP contribution >= 0.6 is 23.2 Å². The summed E-state index contributed by atoms with van der Waals surface area (Å²) >= 11 is 12.7. The Bertz CT molecular complexity index is 2950. The van der Waals surface area contributed by atoms with Crippen molar-refractivity contribution < 1.29 is 47.3 Å². The zero-order chi connectivity index (χ0) is 46.6. The van der Waals surface area contributed by atoms with Crippen molar-refractivity contribution in [1.82, 2.24) is 9.99 Å². The number of pyridine rings is 1. The van der Waals surface area contributed by atoms with Gasteiger partial charge in [-0.15, -0.1) is 0 Å². The van der Waals surface area contributed by atoms with Gasteiger partial charge in [0.2, 0.25) is 11.8 Å². The topological polar surface area (TPSA) is 209 Å². The lowest BCUT2D eigenvalue weighted by Gasteiger charge is -2.51. The third kappa shape index (κ3) is 6.46. The number of fused-ring (bicyclic) bond motifs is 5. The Morgan fingerprint density at radius 1 is 0.877 bits per heavy atom. The van der Waals surface area contributed by atoms with Crippen LogP contribution in [0.4, 0.5) is 41.7 Å². The fourth-order valence-electron chi connectivity index (χ4n) is 10.4. The van der Waals surface area contributed by atoms with Crippen molar-refractivity contribution in [2.45, 2.75) is 30.4 Å². The number of alkyl halides is 3. The molecule has 1 aromatic heterocycles. The molecule has 332 valence electrons. The van der Waals surface area contributed by atoms with Crippen LogP contribution in [-0.4, -0.2) is 62.7 Å². The molecule has 4 aromatic carbocycles. The van der Waals surface area contributed by atoms with E-state index in [1.54, 1.807) is 48.5 Å². The SMILES string of the molecule is CN(C)c1c([N+](=O)[O-])cc(N2C(=O)[C@H]3[C@H](CC=C4[C@H]3C[C@H]3C(=O)N(Nc5ncc(C(F)(F)F)cc5Cl)C(=O)[C@@]3(c3ccc(Cl)cc3)[C@H]4c3ccc(O)c4ccccc34)C2=O)cc1[N+](=O)[O-]. The van der Waals surface area contributed by atoms with Gasteiger partial charge >= 0.3 is 17.6 Å². The molecule has 21 heteroatoms. The number of imide groups is 2. The molecule has 3 heterocycles. The minimum absolute atomic E-state index is 0.0966. The summed E-state index contributed by atoms with van der Waals surface area (Å²) in [5, 5.41) is 36.9. The first-order valence-electron chi connectivity index (χ1n) is 19.8. The van der Waals surface area contributed by atoms with Crippen LogP contribution in [-0.2, 0) is 30.8 Å². The number of halogens is 5. The number of anilines is 3. The second kappa shape index (κ2) is 15.3. The van der Waals surface area contributed by atoms with Crippen LogP contribution in [0.1, 0.15) is 35.4 Å². The molecule has 0 bridgehead atoms. The maximum atomic E-state index is 15.6. The van der Waals surface area contributed by atoms with Gasteiger partial charge in [0, 0.05) is 48.8 Å². The Morgan fingerprint density at radius 2 is 1.52 bits per heavy atom. The third-order valence-electron chi connectivity index (χ3n) is 13.0. The van der Waals surface area contributed by atoms with E-state index in [0.717, 1.165) is 12.1 Å². The summed E-state index contributed by atoms with van der Waals surface area (Å²) in [5.41, 5.74) is -1.57. The Balaban J connectivity index is 1.25. The zero-order valence-electron chi connectivity index (χ0n) is 33.7. The van der Waals surface area contributed by atoms with E-state index in [4.69, 9.17) is 23.2 Å². The predicted molar refractivity (Wildman–Crippen MR) is 229 cm³/mol. The van der Waals surface area contributed by atoms with Crippen molar-refractivity contribution in [3.05, 3.63) is 144 Å². The number of benzene rings is 4. The molecule has 1 saturated carbocycles. The summed E-state index contributed by atoms with van der Waals surface area (Å²) in [6.45, 7) is 0. The number of phenols is 1. The fourth-order valence-corrected chi connectivity index (χ4v) is 10.7. The van der Waals surface area contributed by atoms with E-state index >= 15 is 9.59 Å². The molecule has 6 atom stereocenters. The number of aromatic hydroxyl groups is 1. The molecule has 4 aliphatic rings. The number of carbonyl (C=O) groups is 4. The number of rotatable bonds is 8. The van der Waals surface area contributed by atoms with E-state index in [0.29, 0.717) is 49.6 Å². The van der Waals surface area contributed by atoms with Crippen molar-refractivity contribution in [1.29, 1.82) is 0 Å².